The summed E-state index contributed by atoms with van der Waals surface area (Å²) < 4.78 is 10.4. The molecule has 0 aliphatic carbocycles. The number of hydrogen-bond donors (Lipinski definition) is 1. The van der Waals surface area contributed by atoms with Gasteiger partial charge in [-0.15, -0.1) is 11.3 Å². The van der Waals surface area contributed by atoms with Crippen molar-refractivity contribution in [1.82, 2.24) is 5.32 Å². The Balaban J connectivity index is 1.83. The van der Waals surface area contributed by atoms with E-state index in [1.165, 1.54) is 11.3 Å². The van der Waals surface area contributed by atoms with E-state index in [0.717, 1.165) is 21.7 Å². The molecule has 1 N–H and O–H groups in total. The summed E-state index contributed by atoms with van der Waals surface area (Å²) in [5.74, 6) is 1.27. The van der Waals surface area contributed by atoms with Crippen LogP contribution in [0.15, 0.2) is 30.3 Å². The standard InChI is InChI=1S/C18H21NO4S/c1-12(20)17-7-5-14(24-17)8-9-19-18(21)11-13-4-6-15(22-2)16(10-13)23-3/h4-7,10H,8-9,11H2,1-3H3,(H,19,21). The van der Waals surface area contributed by atoms with Crippen LogP contribution in [-0.4, -0.2) is 32.5 Å². The number of nitrogens with one attached hydrogen (secondary N) is 1. The van der Waals surface area contributed by atoms with Crippen LogP contribution in [-0.2, 0) is 17.6 Å². The molecule has 1 heterocycles. The van der Waals surface area contributed by atoms with Crippen molar-refractivity contribution in [2.45, 2.75) is 19.8 Å². The largest absolute Gasteiger partial charge is 0.493 e. The molecule has 2 aromatic rings. The lowest BCUT2D eigenvalue weighted by Crippen LogP contribution is -2.27. The number of ether oxygens (including phenoxy) is 2. The van der Waals surface area contributed by atoms with Gasteiger partial charge >= 0.3 is 0 Å². The van der Waals surface area contributed by atoms with Crippen LogP contribution in [0, 0.1) is 0 Å². The Hall–Kier alpha value is -2.34. The molecule has 1 aromatic carbocycles. The van der Waals surface area contributed by atoms with Gasteiger partial charge < -0.3 is 14.8 Å². The van der Waals surface area contributed by atoms with E-state index in [-0.39, 0.29) is 18.1 Å². The summed E-state index contributed by atoms with van der Waals surface area (Å²) in [6.45, 7) is 2.10. The number of Topliss-reactive ketones (excluding diaryl/α,β-unsaturated/α-hetero) is 1. The first-order valence-corrected chi connectivity index (χ1v) is 8.42. The number of rotatable bonds is 8. The molecule has 24 heavy (non-hydrogen) atoms. The van der Waals surface area contributed by atoms with E-state index < -0.39 is 0 Å². The van der Waals surface area contributed by atoms with Gasteiger partial charge in [0.1, 0.15) is 0 Å². The van der Waals surface area contributed by atoms with Gasteiger partial charge in [0.15, 0.2) is 17.3 Å². The van der Waals surface area contributed by atoms with Crippen LogP contribution >= 0.6 is 11.3 Å². The summed E-state index contributed by atoms with van der Waals surface area (Å²) >= 11 is 1.47. The number of ketones is 1. The van der Waals surface area contributed by atoms with Crippen molar-refractivity contribution in [1.29, 1.82) is 0 Å². The fourth-order valence-electron chi connectivity index (χ4n) is 2.27. The number of amides is 1. The Morgan fingerprint density at radius 2 is 1.83 bits per heavy atom. The first kappa shape index (κ1) is 18.0. The van der Waals surface area contributed by atoms with Gasteiger partial charge in [-0.2, -0.15) is 0 Å². The zero-order valence-corrected chi connectivity index (χ0v) is 14.9. The second-order valence-electron chi connectivity index (χ2n) is 5.29. The van der Waals surface area contributed by atoms with Gasteiger partial charge in [0.25, 0.3) is 0 Å². The Labute approximate surface area is 145 Å². The summed E-state index contributed by atoms with van der Waals surface area (Å²) in [6.07, 6.45) is 0.999. The highest BCUT2D eigenvalue weighted by molar-refractivity contribution is 7.14. The third-order valence-corrected chi connectivity index (χ3v) is 4.76. The van der Waals surface area contributed by atoms with Crippen molar-refractivity contribution >= 4 is 23.0 Å². The summed E-state index contributed by atoms with van der Waals surface area (Å²) in [5.41, 5.74) is 0.861. The van der Waals surface area contributed by atoms with Crippen molar-refractivity contribution < 1.29 is 19.1 Å². The lowest BCUT2D eigenvalue weighted by atomic mass is 10.1. The smallest absolute Gasteiger partial charge is 0.224 e. The molecule has 0 radical (unpaired) electrons. The molecule has 0 saturated carbocycles. The molecule has 0 bridgehead atoms. The van der Waals surface area contributed by atoms with Crippen LogP contribution < -0.4 is 14.8 Å². The van der Waals surface area contributed by atoms with E-state index in [4.69, 9.17) is 9.47 Å². The van der Waals surface area contributed by atoms with E-state index in [1.807, 2.05) is 18.2 Å². The van der Waals surface area contributed by atoms with Crippen molar-refractivity contribution in [3.63, 3.8) is 0 Å². The zero-order chi connectivity index (χ0) is 17.5. The molecule has 1 aromatic heterocycles. The monoisotopic (exact) mass is 347 g/mol. The lowest BCUT2D eigenvalue weighted by Gasteiger charge is -2.09. The third-order valence-electron chi connectivity index (χ3n) is 3.51. The first-order chi connectivity index (χ1) is 11.5. The van der Waals surface area contributed by atoms with Gasteiger partial charge in [-0.1, -0.05) is 6.07 Å². The van der Waals surface area contributed by atoms with Crippen LogP contribution in [0.5, 0.6) is 11.5 Å². The number of carbonyl (C=O) groups is 2. The van der Waals surface area contributed by atoms with Gasteiger partial charge in [0, 0.05) is 11.4 Å². The van der Waals surface area contributed by atoms with E-state index in [9.17, 15) is 9.59 Å². The van der Waals surface area contributed by atoms with Crippen LogP contribution in [0.2, 0.25) is 0 Å². The maximum atomic E-state index is 12.0. The minimum Gasteiger partial charge on any atom is -0.493 e. The van der Waals surface area contributed by atoms with Crippen molar-refractivity contribution in [3.8, 4) is 11.5 Å². The number of thiophene rings is 1. The molecular formula is C18H21NO4S. The predicted octanol–water partition coefficient (Wildman–Crippen LogP) is 2.87. The van der Waals surface area contributed by atoms with E-state index in [0.29, 0.717) is 18.0 Å². The molecule has 0 aliphatic rings. The Morgan fingerprint density at radius 1 is 1.08 bits per heavy atom. The number of benzene rings is 1. The minimum atomic E-state index is -0.0504. The summed E-state index contributed by atoms with van der Waals surface area (Å²) in [7, 11) is 3.14. The summed E-state index contributed by atoms with van der Waals surface area (Å²) in [4.78, 5) is 25.1. The Kier molecular flexibility index (Phi) is 6.37. The first-order valence-electron chi connectivity index (χ1n) is 7.60. The molecule has 128 valence electrons. The lowest BCUT2D eigenvalue weighted by molar-refractivity contribution is -0.120. The molecule has 0 atom stereocenters. The van der Waals surface area contributed by atoms with Gasteiger partial charge in [-0.25, -0.2) is 0 Å². The quantitative estimate of drug-likeness (QED) is 0.746. The topological polar surface area (TPSA) is 64.6 Å². The van der Waals surface area contributed by atoms with E-state index in [1.54, 1.807) is 33.3 Å². The van der Waals surface area contributed by atoms with E-state index >= 15 is 0 Å². The highest BCUT2D eigenvalue weighted by Gasteiger charge is 2.09. The SMILES string of the molecule is COc1ccc(CC(=O)NCCc2ccc(C(C)=O)s2)cc1OC. The summed E-state index contributed by atoms with van der Waals surface area (Å²) in [6, 6.07) is 9.20. The predicted molar refractivity (Wildman–Crippen MR) is 94.3 cm³/mol. The molecule has 0 fully saturated rings. The second kappa shape index (κ2) is 8.49. The molecule has 2 rings (SSSR count). The summed E-state index contributed by atoms with van der Waals surface area (Å²) in [5, 5.41) is 2.89. The van der Waals surface area contributed by atoms with Gasteiger partial charge in [-0.3, -0.25) is 9.59 Å². The van der Waals surface area contributed by atoms with Crippen LogP contribution in [0.1, 0.15) is 27.0 Å². The van der Waals surface area contributed by atoms with Crippen LogP contribution in [0.3, 0.4) is 0 Å². The number of hydrogen-bond acceptors (Lipinski definition) is 5. The minimum absolute atomic E-state index is 0.0504. The average molecular weight is 347 g/mol. The van der Waals surface area contributed by atoms with Crippen LogP contribution in [0.4, 0.5) is 0 Å². The van der Waals surface area contributed by atoms with Crippen molar-refractivity contribution in [3.05, 3.63) is 45.6 Å². The molecule has 0 aliphatic heterocycles. The fourth-order valence-corrected chi connectivity index (χ4v) is 3.17. The van der Waals surface area contributed by atoms with Gasteiger partial charge in [0.05, 0.1) is 25.5 Å². The van der Waals surface area contributed by atoms with Gasteiger partial charge in [-0.05, 0) is 43.2 Å². The van der Waals surface area contributed by atoms with Crippen molar-refractivity contribution in [2.24, 2.45) is 0 Å². The second-order valence-corrected chi connectivity index (χ2v) is 6.46. The normalized spacial score (nSPS) is 10.3. The molecule has 6 heteroatoms. The molecule has 0 spiro atoms. The third kappa shape index (κ3) is 4.83. The molecule has 0 saturated heterocycles. The van der Waals surface area contributed by atoms with Gasteiger partial charge in [0.2, 0.25) is 5.91 Å². The zero-order valence-electron chi connectivity index (χ0n) is 14.0. The molecule has 1 amide bonds. The maximum absolute atomic E-state index is 12.0. The van der Waals surface area contributed by atoms with Crippen LogP contribution in [0.25, 0.3) is 0 Å². The molecule has 5 nitrogen and oxygen atoms in total. The highest BCUT2D eigenvalue weighted by Crippen LogP contribution is 2.27. The molecule has 0 unspecified atom stereocenters. The molecular weight excluding hydrogens is 326 g/mol. The fraction of sp³-hybridized carbons (Fsp3) is 0.333. The number of methoxy groups -OCH3 is 2. The Bertz CT molecular complexity index is 724. The number of carbonyl (C=O) groups excluding carboxylic acids is 2. The Morgan fingerprint density at radius 3 is 2.46 bits per heavy atom. The highest BCUT2D eigenvalue weighted by atomic mass is 32.1. The average Bonchev–Trinajstić information content (AvgIpc) is 3.04. The maximum Gasteiger partial charge on any atom is 0.224 e. The van der Waals surface area contributed by atoms with Crippen molar-refractivity contribution in [2.75, 3.05) is 20.8 Å². The van der Waals surface area contributed by atoms with E-state index in [2.05, 4.69) is 5.32 Å².